The molecular weight excluding hydrogens is 388 g/mol. The van der Waals surface area contributed by atoms with E-state index in [-0.39, 0.29) is 6.04 Å². The first-order valence-electron chi connectivity index (χ1n) is 9.73. The minimum absolute atomic E-state index is 0.0491. The number of benzene rings is 2. The number of hydrazine groups is 1. The summed E-state index contributed by atoms with van der Waals surface area (Å²) in [6.07, 6.45) is 5.81. The monoisotopic (exact) mass is 406 g/mol. The van der Waals surface area contributed by atoms with Crippen LogP contribution in [-0.4, -0.2) is 15.3 Å². The summed E-state index contributed by atoms with van der Waals surface area (Å²) in [5.74, 6) is -0.450. The number of aromatic nitrogens is 2. The predicted molar refractivity (Wildman–Crippen MR) is 117 cm³/mol. The van der Waals surface area contributed by atoms with Crippen LogP contribution in [0, 0.1) is 11.3 Å². The van der Waals surface area contributed by atoms with Gasteiger partial charge in [0.1, 0.15) is 5.65 Å². The zero-order chi connectivity index (χ0) is 21.4. The molecule has 0 spiro atoms. The number of nitrogens with two attached hydrogens (primary N) is 1. The number of rotatable bonds is 4. The minimum atomic E-state index is -0.450. The first kappa shape index (κ1) is 18.6. The highest BCUT2D eigenvalue weighted by Crippen LogP contribution is 2.33. The lowest BCUT2D eigenvalue weighted by molar-refractivity contribution is 0.100. The van der Waals surface area contributed by atoms with E-state index in [0.717, 1.165) is 33.6 Å². The number of carbonyl (C=O) groups excluding carboxylic acids is 1. The van der Waals surface area contributed by atoms with Crippen molar-refractivity contribution >= 4 is 17.1 Å². The summed E-state index contributed by atoms with van der Waals surface area (Å²) >= 11 is 0. The van der Waals surface area contributed by atoms with E-state index in [4.69, 9.17) is 11.0 Å². The number of carbonyl (C=O) groups is 1. The van der Waals surface area contributed by atoms with Gasteiger partial charge in [0.2, 0.25) is 5.91 Å². The lowest BCUT2D eigenvalue weighted by Crippen LogP contribution is -2.25. The molecule has 7 nitrogen and oxygen atoms in total. The van der Waals surface area contributed by atoms with E-state index < -0.39 is 5.91 Å². The lowest BCUT2D eigenvalue weighted by atomic mass is 9.95. The molecule has 0 saturated carbocycles. The summed E-state index contributed by atoms with van der Waals surface area (Å²) in [7, 11) is 0. The average molecular weight is 406 g/mol. The van der Waals surface area contributed by atoms with Gasteiger partial charge < -0.3 is 11.2 Å². The largest absolute Gasteiger partial charge is 0.366 e. The third-order valence-corrected chi connectivity index (χ3v) is 5.44. The fraction of sp³-hybridized carbons (Fsp3) is 0.0417. The molecule has 0 fully saturated rings. The number of hydrogen-bond acceptors (Lipinski definition) is 5. The average Bonchev–Trinajstić information content (AvgIpc) is 3.46. The van der Waals surface area contributed by atoms with E-state index >= 15 is 0 Å². The zero-order valence-electron chi connectivity index (χ0n) is 16.4. The third-order valence-electron chi connectivity index (χ3n) is 5.44. The highest BCUT2D eigenvalue weighted by Gasteiger charge is 2.23. The van der Waals surface area contributed by atoms with Crippen LogP contribution >= 0.6 is 0 Å². The van der Waals surface area contributed by atoms with Gasteiger partial charge in [0.25, 0.3) is 0 Å². The summed E-state index contributed by atoms with van der Waals surface area (Å²) in [6.45, 7) is 0. The highest BCUT2D eigenvalue weighted by atomic mass is 16.1. The quantitative estimate of drug-likeness (QED) is 0.482. The van der Waals surface area contributed by atoms with Gasteiger partial charge in [-0.15, -0.1) is 0 Å². The number of pyridine rings is 1. The Kier molecular flexibility index (Phi) is 4.47. The molecule has 4 N–H and O–H groups in total. The molecule has 2 aromatic carbocycles. The van der Waals surface area contributed by atoms with Gasteiger partial charge >= 0.3 is 0 Å². The predicted octanol–water partition coefficient (Wildman–Crippen LogP) is 3.16. The Balaban J connectivity index is 1.52. The van der Waals surface area contributed by atoms with E-state index in [1.807, 2.05) is 65.3 Å². The first-order valence-corrected chi connectivity index (χ1v) is 9.73. The molecule has 0 radical (unpaired) electrons. The molecule has 0 aliphatic carbocycles. The molecule has 1 aliphatic rings. The zero-order valence-corrected chi connectivity index (χ0v) is 16.4. The smallest absolute Gasteiger partial charge is 0.248 e. The molecule has 7 heteroatoms. The summed E-state index contributed by atoms with van der Waals surface area (Å²) in [5.41, 5.74) is 18.7. The molecule has 3 heterocycles. The number of imidazole rings is 1. The Hall–Kier alpha value is -4.41. The molecule has 4 aromatic rings. The standard InChI is InChI=1S/C24H18N6O/c25-11-15-1-3-17(4-2-15)23-20(12-28-29-23)19-9-10-22-27-13-21(30(22)14-19)16-5-7-18(8-6-16)24(26)31/h1-10,12-14,23,28-29H,(H2,26,31). The molecule has 1 atom stereocenters. The molecule has 150 valence electrons. The van der Waals surface area contributed by atoms with Crippen LogP contribution in [0.25, 0.3) is 22.5 Å². The van der Waals surface area contributed by atoms with E-state index in [0.29, 0.717) is 11.1 Å². The summed E-state index contributed by atoms with van der Waals surface area (Å²) in [6, 6.07) is 20.8. The number of nitriles is 1. The van der Waals surface area contributed by atoms with Crippen molar-refractivity contribution in [3.8, 4) is 17.3 Å². The second-order valence-electron chi connectivity index (χ2n) is 7.29. The van der Waals surface area contributed by atoms with Crippen LogP contribution in [0.4, 0.5) is 0 Å². The van der Waals surface area contributed by atoms with Gasteiger partial charge in [0.05, 0.1) is 29.6 Å². The summed E-state index contributed by atoms with van der Waals surface area (Å²) in [5, 5.41) is 9.05. The number of hydrogen-bond donors (Lipinski definition) is 3. The van der Waals surface area contributed by atoms with Crippen molar-refractivity contribution in [3.63, 3.8) is 0 Å². The molecular formula is C24H18N6O. The molecule has 31 heavy (non-hydrogen) atoms. The van der Waals surface area contributed by atoms with Crippen molar-refractivity contribution in [1.82, 2.24) is 20.2 Å². The van der Waals surface area contributed by atoms with Crippen molar-refractivity contribution in [1.29, 1.82) is 5.26 Å². The summed E-state index contributed by atoms with van der Waals surface area (Å²) in [4.78, 5) is 15.9. The third kappa shape index (κ3) is 3.31. The fourth-order valence-electron chi connectivity index (χ4n) is 3.80. The van der Waals surface area contributed by atoms with E-state index in [1.54, 1.807) is 12.1 Å². The van der Waals surface area contributed by atoms with Gasteiger partial charge in [-0.25, -0.2) is 10.4 Å². The van der Waals surface area contributed by atoms with Crippen LogP contribution < -0.4 is 16.6 Å². The van der Waals surface area contributed by atoms with E-state index in [1.165, 1.54) is 0 Å². The van der Waals surface area contributed by atoms with Crippen molar-refractivity contribution in [2.75, 3.05) is 0 Å². The molecule has 1 amide bonds. The highest BCUT2D eigenvalue weighted by molar-refractivity contribution is 5.93. The number of amides is 1. The number of primary amides is 1. The maximum absolute atomic E-state index is 11.4. The maximum Gasteiger partial charge on any atom is 0.248 e. The lowest BCUT2D eigenvalue weighted by Gasteiger charge is -2.16. The Labute approximate surface area is 178 Å². The maximum atomic E-state index is 11.4. The van der Waals surface area contributed by atoms with Gasteiger partial charge in [-0.2, -0.15) is 5.26 Å². The molecule has 5 rings (SSSR count). The van der Waals surface area contributed by atoms with Crippen LogP contribution in [-0.2, 0) is 0 Å². The van der Waals surface area contributed by atoms with Crippen LogP contribution in [0.5, 0.6) is 0 Å². The Morgan fingerprint density at radius 2 is 1.77 bits per heavy atom. The van der Waals surface area contributed by atoms with Gasteiger partial charge in [-0.1, -0.05) is 24.3 Å². The van der Waals surface area contributed by atoms with Crippen LogP contribution in [0.2, 0.25) is 0 Å². The molecule has 2 aromatic heterocycles. The Morgan fingerprint density at radius 3 is 2.48 bits per heavy atom. The van der Waals surface area contributed by atoms with Gasteiger partial charge in [-0.05, 0) is 47.5 Å². The first-order chi connectivity index (χ1) is 15.1. The number of fused-ring (bicyclic) bond motifs is 1. The van der Waals surface area contributed by atoms with E-state index in [9.17, 15) is 4.79 Å². The normalized spacial score (nSPS) is 15.3. The van der Waals surface area contributed by atoms with Gasteiger partial charge in [-0.3, -0.25) is 9.20 Å². The van der Waals surface area contributed by atoms with Crippen molar-refractivity contribution in [2.45, 2.75) is 6.04 Å². The SMILES string of the molecule is N#Cc1ccc(C2NNC=C2c2ccc3ncc(-c4ccc(C(N)=O)cc4)n3c2)cc1. The van der Waals surface area contributed by atoms with Crippen LogP contribution in [0.15, 0.2) is 79.3 Å². The molecule has 0 bridgehead atoms. The minimum Gasteiger partial charge on any atom is -0.366 e. The van der Waals surface area contributed by atoms with Crippen molar-refractivity contribution in [2.24, 2.45) is 5.73 Å². The van der Waals surface area contributed by atoms with Gasteiger partial charge in [0.15, 0.2) is 0 Å². The fourth-order valence-corrected chi connectivity index (χ4v) is 3.80. The number of nitrogens with one attached hydrogen (secondary N) is 2. The van der Waals surface area contributed by atoms with Crippen LogP contribution in [0.1, 0.15) is 33.1 Å². The molecule has 1 unspecified atom stereocenters. The molecule has 0 saturated heterocycles. The van der Waals surface area contributed by atoms with Crippen molar-refractivity contribution in [3.05, 3.63) is 102 Å². The molecule has 1 aliphatic heterocycles. The second kappa shape index (κ2) is 7.44. The van der Waals surface area contributed by atoms with Crippen molar-refractivity contribution < 1.29 is 4.79 Å². The van der Waals surface area contributed by atoms with Crippen LogP contribution in [0.3, 0.4) is 0 Å². The number of nitrogens with zero attached hydrogens (tertiary/aromatic N) is 3. The Bertz CT molecular complexity index is 1360. The summed E-state index contributed by atoms with van der Waals surface area (Å²) < 4.78 is 2.03. The van der Waals surface area contributed by atoms with Gasteiger partial charge in [0, 0.05) is 29.1 Å². The van der Waals surface area contributed by atoms with E-state index in [2.05, 4.69) is 28.1 Å². The topological polar surface area (TPSA) is 108 Å². The Morgan fingerprint density at radius 1 is 1.03 bits per heavy atom. The second-order valence-corrected chi connectivity index (χ2v) is 7.29.